The summed E-state index contributed by atoms with van der Waals surface area (Å²) in [6.45, 7) is 4.76. The topological polar surface area (TPSA) is 80.9 Å². The van der Waals surface area contributed by atoms with Gasteiger partial charge >= 0.3 is 0 Å². The number of thioether (sulfide) groups is 1. The fraction of sp³-hybridized carbons (Fsp3) is 0.500. The molecule has 2 aromatic heterocycles. The van der Waals surface area contributed by atoms with Crippen molar-refractivity contribution in [3.63, 3.8) is 0 Å². The molecule has 7 heteroatoms. The van der Waals surface area contributed by atoms with Crippen LogP contribution in [0.3, 0.4) is 0 Å². The molecule has 3 N–H and O–H groups in total. The van der Waals surface area contributed by atoms with Gasteiger partial charge in [0.05, 0.1) is 11.4 Å². The van der Waals surface area contributed by atoms with E-state index >= 15 is 0 Å². The number of nitrogens with zero attached hydrogens (tertiary/aromatic N) is 2. The highest BCUT2D eigenvalue weighted by atomic mass is 32.2. The molecule has 0 aliphatic rings. The predicted octanol–water partition coefficient (Wildman–Crippen LogP) is 2.49. The third-order valence-electron chi connectivity index (χ3n) is 3.32. The minimum absolute atomic E-state index is 0.121. The van der Waals surface area contributed by atoms with Gasteiger partial charge in [-0.3, -0.25) is 4.79 Å². The number of nitrogens with two attached hydrogens (primary N) is 1. The highest BCUT2D eigenvalue weighted by molar-refractivity contribution is 7.98. The van der Waals surface area contributed by atoms with Crippen molar-refractivity contribution in [3.05, 3.63) is 16.1 Å². The number of hydrogen-bond acceptors (Lipinski definition) is 6. The van der Waals surface area contributed by atoms with Gasteiger partial charge in [0.1, 0.15) is 9.71 Å². The van der Waals surface area contributed by atoms with Crippen LogP contribution in [0.5, 0.6) is 0 Å². The quantitative estimate of drug-likeness (QED) is 0.798. The largest absolute Gasteiger partial charge is 0.397 e. The van der Waals surface area contributed by atoms with Gasteiger partial charge in [-0.25, -0.2) is 0 Å². The fourth-order valence-corrected chi connectivity index (χ4v) is 3.58. The molecule has 0 unspecified atom stereocenters. The molecule has 0 bridgehead atoms. The van der Waals surface area contributed by atoms with Crippen molar-refractivity contribution in [2.24, 2.45) is 0 Å². The smallest absolute Gasteiger partial charge is 0.263 e. The first-order valence-electron chi connectivity index (χ1n) is 6.97. The lowest BCUT2D eigenvalue weighted by atomic mass is 10.1. The number of nitrogen functional groups attached to an aromatic ring is 1. The Labute approximate surface area is 132 Å². The lowest BCUT2D eigenvalue weighted by Crippen LogP contribution is -2.25. The number of hydrogen-bond donors (Lipinski definition) is 2. The Morgan fingerprint density at radius 3 is 2.71 bits per heavy atom. The molecule has 0 aliphatic carbocycles. The Bertz CT molecular complexity index is 654. The van der Waals surface area contributed by atoms with Crippen LogP contribution in [0, 0.1) is 0 Å². The van der Waals surface area contributed by atoms with Crippen LogP contribution in [0.2, 0.25) is 0 Å². The predicted molar refractivity (Wildman–Crippen MR) is 91.3 cm³/mol. The molecular formula is C14H20N4OS2. The summed E-state index contributed by atoms with van der Waals surface area (Å²) in [6, 6.07) is 0. The molecule has 0 atom stereocenters. The Kier molecular flexibility index (Phi) is 5.41. The molecule has 0 aromatic carbocycles. The van der Waals surface area contributed by atoms with Gasteiger partial charge < -0.3 is 11.1 Å². The van der Waals surface area contributed by atoms with Crippen LogP contribution >= 0.6 is 23.1 Å². The summed E-state index contributed by atoms with van der Waals surface area (Å²) in [5.74, 6) is 0.765. The molecule has 0 aliphatic heterocycles. The maximum Gasteiger partial charge on any atom is 0.263 e. The molecule has 2 heterocycles. The van der Waals surface area contributed by atoms with E-state index < -0.39 is 0 Å². The van der Waals surface area contributed by atoms with Crippen molar-refractivity contribution in [2.75, 3.05) is 24.3 Å². The average Bonchev–Trinajstić information content (AvgIpc) is 2.83. The summed E-state index contributed by atoms with van der Waals surface area (Å²) in [7, 11) is 0. The Hall–Kier alpha value is -1.34. The highest BCUT2D eigenvalue weighted by Crippen LogP contribution is 2.35. The minimum Gasteiger partial charge on any atom is -0.397 e. The van der Waals surface area contributed by atoms with Crippen LogP contribution in [0.1, 0.15) is 34.8 Å². The van der Waals surface area contributed by atoms with Gasteiger partial charge in [0.25, 0.3) is 5.91 Å². The summed E-state index contributed by atoms with van der Waals surface area (Å²) in [5.41, 5.74) is 8.83. The average molecular weight is 324 g/mol. The van der Waals surface area contributed by atoms with Crippen molar-refractivity contribution in [3.8, 4) is 0 Å². The number of thiophene rings is 1. The minimum atomic E-state index is -0.121. The number of aromatic nitrogens is 2. The number of aryl methyl sites for hydroxylation is 2. The van der Waals surface area contributed by atoms with E-state index in [1.807, 2.05) is 13.2 Å². The van der Waals surface area contributed by atoms with Gasteiger partial charge in [-0.15, -0.1) is 16.4 Å². The second kappa shape index (κ2) is 7.09. The van der Waals surface area contributed by atoms with Crippen molar-refractivity contribution < 1.29 is 4.79 Å². The Morgan fingerprint density at radius 2 is 2.10 bits per heavy atom. The van der Waals surface area contributed by atoms with E-state index in [9.17, 15) is 4.79 Å². The summed E-state index contributed by atoms with van der Waals surface area (Å²) < 4.78 is 0. The summed E-state index contributed by atoms with van der Waals surface area (Å²) >= 11 is 3.02. The molecular weight excluding hydrogens is 304 g/mol. The van der Waals surface area contributed by atoms with Crippen LogP contribution in [0.4, 0.5) is 5.69 Å². The molecule has 0 saturated carbocycles. The molecule has 2 rings (SSSR count). The molecule has 0 spiro atoms. The van der Waals surface area contributed by atoms with E-state index in [0.29, 0.717) is 17.1 Å². The highest BCUT2D eigenvalue weighted by Gasteiger charge is 2.20. The van der Waals surface area contributed by atoms with E-state index in [-0.39, 0.29) is 5.91 Å². The monoisotopic (exact) mass is 324 g/mol. The van der Waals surface area contributed by atoms with Gasteiger partial charge in [0.15, 0.2) is 0 Å². The maximum absolute atomic E-state index is 12.2. The summed E-state index contributed by atoms with van der Waals surface area (Å²) in [6.07, 6.45) is 3.66. The second-order valence-corrected chi connectivity index (χ2v) is 6.59. The van der Waals surface area contributed by atoms with Gasteiger partial charge in [0, 0.05) is 17.7 Å². The van der Waals surface area contributed by atoms with Gasteiger partial charge in [-0.2, -0.15) is 16.9 Å². The Balaban J connectivity index is 2.43. The van der Waals surface area contributed by atoms with E-state index in [1.165, 1.54) is 11.3 Å². The zero-order valence-corrected chi connectivity index (χ0v) is 14.2. The fourth-order valence-electron chi connectivity index (χ4n) is 2.28. The van der Waals surface area contributed by atoms with Crippen LogP contribution in [0.15, 0.2) is 0 Å². The van der Waals surface area contributed by atoms with E-state index in [0.717, 1.165) is 40.1 Å². The molecule has 0 radical (unpaired) electrons. The molecule has 1 amide bonds. The van der Waals surface area contributed by atoms with Crippen molar-refractivity contribution in [2.45, 2.75) is 26.7 Å². The first-order chi connectivity index (χ1) is 10.1. The summed E-state index contributed by atoms with van der Waals surface area (Å²) in [4.78, 5) is 13.5. The number of fused-ring (bicyclic) bond motifs is 1. The molecule has 0 saturated heterocycles. The van der Waals surface area contributed by atoms with E-state index in [4.69, 9.17) is 5.73 Å². The van der Waals surface area contributed by atoms with Crippen LogP contribution < -0.4 is 11.1 Å². The SMILES string of the molecule is CCc1nnc2sc(C(=O)NCCSC)c(N)c2c1CC. The number of rotatable bonds is 6. The van der Waals surface area contributed by atoms with Gasteiger partial charge in [-0.05, 0) is 24.7 Å². The third kappa shape index (κ3) is 3.13. The van der Waals surface area contributed by atoms with Crippen molar-refractivity contribution >= 4 is 44.9 Å². The Morgan fingerprint density at radius 1 is 1.33 bits per heavy atom. The standard InChI is InChI=1S/C14H20N4OS2/c1-4-8-9(5-2)17-18-14-10(8)11(15)12(21-14)13(19)16-6-7-20-3/h4-7,15H2,1-3H3,(H,16,19). The van der Waals surface area contributed by atoms with Gasteiger partial charge in [-0.1, -0.05) is 13.8 Å². The molecule has 2 aromatic rings. The lowest BCUT2D eigenvalue weighted by Gasteiger charge is -2.06. The number of nitrogens with one attached hydrogen (secondary N) is 1. The van der Waals surface area contributed by atoms with E-state index in [1.54, 1.807) is 11.8 Å². The third-order valence-corrected chi connectivity index (χ3v) is 5.03. The normalized spacial score (nSPS) is 11.0. The molecule has 5 nitrogen and oxygen atoms in total. The van der Waals surface area contributed by atoms with Gasteiger partial charge in [0.2, 0.25) is 0 Å². The molecule has 21 heavy (non-hydrogen) atoms. The first kappa shape index (κ1) is 16.0. The van der Waals surface area contributed by atoms with Crippen LogP contribution in [0.25, 0.3) is 10.2 Å². The zero-order valence-electron chi connectivity index (χ0n) is 12.5. The van der Waals surface area contributed by atoms with Crippen molar-refractivity contribution in [1.29, 1.82) is 0 Å². The number of anilines is 1. The van der Waals surface area contributed by atoms with E-state index in [2.05, 4.69) is 22.4 Å². The lowest BCUT2D eigenvalue weighted by molar-refractivity contribution is 0.0961. The van der Waals surface area contributed by atoms with Crippen LogP contribution in [-0.4, -0.2) is 34.7 Å². The first-order valence-corrected chi connectivity index (χ1v) is 9.18. The van der Waals surface area contributed by atoms with Crippen LogP contribution in [-0.2, 0) is 12.8 Å². The summed E-state index contributed by atoms with van der Waals surface area (Å²) in [5, 5.41) is 12.3. The maximum atomic E-state index is 12.2. The van der Waals surface area contributed by atoms with Crippen molar-refractivity contribution in [1.82, 2.24) is 15.5 Å². The number of amides is 1. The zero-order chi connectivity index (χ0) is 15.4. The second-order valence-electron chi connectivity index (χ2n) is 4.61. The number of carbonyl (C=O) groups is 1. The molecule has 114 valence electrons. The molecule has 0 fully saturated rings. The number of carbonyl (C=O) groups excluding carboxylic acids is 1.